The molecule has 0 heterocycles. The smallest absolute Gasteiger partial charge is 0.0887 e. The first kappa shape index (κ1) is 25.0. The van der Waals surface area contributed by atoms with Gasteiger partial charge in [0.25, 0.3) is 0 Å². The van der Waals surface area contributed by atoms with E-state index < -0.39 is 5.60 Å². The second kappa shape index (κ2) is 11.7. The molecule has 0 aromatic carbocycles. The SMILES string of the molecule is C#CC(C)(C)COC(CCCCCCCC)C(C)(C)OCC(C)(C)C#C. The van der Waals surface area contributed by atoms with E-state index in [2.05, 4.69) is 32.6 Å². The summed E-state index contributed by atoms with van der Waals surface area (Å²) >= 11 is 0. The van der Waals surface area contributed by atoms with Crippen LogP contribution in [0, 0.1) is 35.5 Å². The van der Waals surface area contributed by atoms with E-state index in [1.54, 1.807) is 0 Å². The van der Waals surface area contributed by atoms with Gasteiger partial charge in [0.05, 0.1) is 24.9 Å². The number of terminal acetylenes is 2. The molecule has 0 bridgehead atoms. The Morgan fingerprint density at radius 1 is 0.769 bits per heavy atom. The van der Waals surface area contributed by atoms with Crippen LogP contribution in [0.15, 0.2) is 0 Å². The molecule has 0 N–H and O–H groups in total. The van der Waals surface area contributed by atoms with Crippen molar-refractivity contribution in [1.82, 2.24) is 0 Å². The molecule has 1 atom stereocenters. The van der Waals surface area contributed by atoms with Crippen molar-refractivity contribution < 1.29 is 9.47 Å². The van der Waals surface area contributed by atoms with Crippen LogP contribution in [0.4, 0.5) is 0 Å². The lowest BCUT2D eigenvalue weighted by Crippen LogP contribution is -2.44. The summed E-state index contributed by atoms with van der Waals surface area (Å²) in [5.74, 6) is 5.61. The van der Waals surface area contributed by atoms with Crippen LogP contribution in [0.5, 0.6) is 0 Å². The van der Waals surface area contributed by atoms with Crippen molar-refractivity contribution in [2.24, 2.45) is 10.8 Å². The molecular weight excluding hydrogens is 320 g/mol. The first-order valence-corrected chi connectivity index (χ1v) is 10.2. The first-order chi connectivity index (χ1) is 12.0. The van der Waals surface area contributed by atoms with E-state index >= 15 is 0 Å². The van der Waals surface area contributed by atoms with Crippen molar-refractivity contribution in [3.8, 4) is 24.7 Å². The Morgan fingerprint density at radius 3 is 1.81 bits per heavy atom. The highest BCUT2D eigenvalue weighted by atomic mass is 16.5. The topological polar surface area (TPSA) is 18.5 Å². The molecular formula is C24H42O2. The van der Waals surface area contributed by atoms with Gasteiger partial charge in [-0.2, -0.15) is 0 Å². The number of rotatable bonds is 14. The van der Waals surface area contributed by atoms with Crippen LogP contribution >= 0.6 is 0 Å². The molecule has 0 aliphatic carbocycles. The van der Waals surface area contributed by atoms with E-state index in [0.29, 0.717) is 13.2 Å². The number of unbranched alkanes of at least 4 members (excludes halogenated alkanes) is 5. The summed E-state index contributed by atoms with van der Waals surface area (Å²) < 4.78 is 12.5. The van der Waals surface area contributed by atoms with E-state index in [-0.39, 0.29) is 16.9 Å². The summed E-state index contributed by atoms with van der Waals surface area (Å²) in [6, 6.07) is 0. The van der Waals surface area contributed by atoms with Gasteiger partial charge in [0.2, 0.25) is 0 Å². The van der Waals surface area contributed by atoms with Crippen molar-refractivity contribution in [1.29, 1.82) is 0 Å². The zero-order valence-electron chi connectivity index (χ0n) is 18.4. The molecule has 0 fully saturated rings. The third kappa shape index (κ3) is 10.9. The average molecular weight is 363 g/mol. The minimum absolute atomic E-state index is 0.00914. The molecule has 0 aliphatic heterocycles. The number of hydrogen-bond donors (Lipinski definition) is 0. The standard InChI is InChI=1S/C24H42O2/c1-10-13-14-15-16-17-18-21(25-19-22(4,5)11-2)24(8,9)26-20-23(6,7)12-3/h2-3,21H,10,13-20H2,1,4-9H3. The molecule has 26 heavy (non-hydrogen) atoms. The predicted molar refractivity (Wildman–Crippen MR) is 113 cm³/mol. The largest absolute Gasteiger partial charge is 0.374 e. The lowest BCUT2D eigenvalue weighted by Gasteiger charge is -2.37. The van der Waals surface area contributed by atoms with Crippen LogP contribution in [0.1, 0.15) is 93.4 Å². The molecule has 0 aromatic rings. The maximum atomic E-state index is 6.27. The Balaban J connectivity index is 4.78. The van der Waals surface area contributed by atoms with Crippen LogP contribution in [0.3, 0.4) is 0 Å². The van der Waals surface area contributed by atoms with Crippen molar-refractivity contribution >= 4 is 0 Å². The quantitative estimate of drug-likeness (QED) is 0.269. The average Bonchev–Trinajstić information content (AvgIpc) is 2.58. The monoisotopic (exact) mass is 362 g/mol. The fourth-order valence-corrected chi connectivity index (χ4v) is 2.59. The highest BCUT2D eigenvalue weighted by Crippen LogP contribution is 2.28. The summed E-state index contributed by atoms with van der Waals surface area (Å²) in [6.45, 7) is 15.6. The second-order valence-corrected chi connectivity index (χ2v) is 9.30. The van der Waals surface area contributed by atoms with Crippen LogP contribution in [0.25, 0.3) is 0 Å². The zero-order chi connectivity index (χ0) is 20.3. The van der Waals surface area contributed by atoms with Gasteiger partial charge >= 0.3 is 0 Å². The molecule has 1 unspecified atom stereocenters. The molecule has 0 spiro atoms. The molecule has 0 amide bonds. The second-order valence-electron chi connectivity index (χ2n) is 9.30. The normalized spacial score (nSPS) is 13.9. The highest BCUT2D eigenvalue weighted by Gasteiger charge is 2.34. The van der Waals surface area contributed by atoms with Gasteiger partial charge in [-0.1, -0.05) is 57.3 Å². The third-order valence-electron chi connectivity index (χ3n) is 4.83. The maximum Gasteiger partial charge on any atom is 0.0887 e. The van der Waals surface area contributed by atoms with E-state index in [9.17, 15) is 0 Å². The minimum atomic E-state index is -0.401. The van der Waals surface area contributed by atoms with E-state index in [1.807, 2.05) is 27.7 Å². The van der Waals surface area contributed by atoms with E-state index in [0.717, 1.165) is 12.8 Å². The van der Waals surface area contributed by atoms with Gasteiger partial charge in [0, 0.05) is 10.8 Å². The third-order valence-corrected chi connectivity index (χ3v) is 4.83. The molecule has 2 heteroatoms. The van der Waals surface area contributed by atoms with Crippen molar-refractivity contribution in [2.45, 2.75) is 105 Å². The van der Waals surface area contributed by atoms with Gasteiger partial charge in [0.1, 0.15) is 0 Å². The fraction of sp³-hybridized carbons (Fsp3) is 0.833. The van der Waals surface area contributed by atoms with Gasteiger partial charge in [-0.15, -0.1) is 12.8 Å². The van der Waals surface area contributed by atoms with Gasteiger partial charge < -0.3 is 9.47 Å². The van der Waals surface area contributed by atoms with Crippen molar-refractivity contribution in [2.75, 3.05) is 13.2 Å². The molecule has 0 rings (SSSR count). The van der Waals surface area contributed by atoms with E-state index in [1.165, 1.54) is 32.1 Å². The first-order valence-electron chi connectivity index (χ1n) is 10.2. The van der Waals surface area contributed by atoms with Crippen molar-refractivity contribution in [3.05, 3.63) is 0 Å². The number of ether oxygens (including phenoxy) is 2. The highest BCUT2D eigenvalue weighted by molar-refractivity contribution is 5.02. The Morgan fingerprint density at radius 2 is 1.27 bits per heavy atom. The Bertz CT molecular complexity index is 460. The predicted octanol–water partition coefficient (Wildman–Crippen LogP) is 6.24. The Hall–Kier alpha value is -0.960. The summed E-state index contributed by atoms with van der Waals surface area (Å²) in [7, 11) is 0. The van der Waals surface area contributed by atoms with Crippen LogP contribution < -0.4 is 0 Å². The molecule has 0 aliphatic rings. The van der Waals surface area contributed by atoms with Crippen LogP contribution in [0.2, 0.25) is 0 Å². The molecule has 150 valence electrons. The molecule has 0 saturated carbocycles. The Labute approximate surface area is 163 Å². The van der Waals surface area contributed by atoms with E-state index in [4.69, 9.17) is 22.3 Å². The molecule has 0 saturated heterocycles. The fourth-order valence-electron chi connectivity index (χ4n) is 2.59. The summed E-state index contributed by atoms with van der Waals surface area (Å²) in [5.41, 5.74) is -0.949. The minimum Gasteiger partial charge on any atom is -0.374 e. The van der Waals surface area contributed by atoms with Gasteiger partial charge in [-0.3, -0.25) is 0 Å². The van der Waals surface area contributed by atoms with Gasteiger partial charge in [0.15, 0.2) is 0 Å². The molecule has 0 aromatic heterocycles. The lowest BCUT2D eigenvalue weighted by atomic mass is 9.92. The Kier molecular flexibility index (Phi) is 11.3. The van der Waals surface area contributed by atoms with Crippen LogP contribution in [-0.4, -0.2) is 24.9 Å². The molecule has 0 radical (unpaired) electrons. The lowest BCUT2D eigenvalue weighted by molar-refractivity contribution is -0.147. The van der Waals surface area contributed by atoms with Crippen LogP contribution in [-0.2, 0) is 9.47 Å². The van der Waals surface area contributed by atoms with Gasteiger partial charge in [-0.25, -0.2) is 0 Å². The summed E-state index contributed by atoms with van der Waals surface area (Å²) in [5, 5.41) is 0. The van der Waals surface area contributed by atoms with Crippen molar-refractivity contribution in [3.63, 3.8) is 0 Å². The molecule has 2 nitrogen and oxygen atoms in total. The zero-order valence-corrected chi connectivity index (χ0v) is 18.4. The summed E-state index contributed by atoms with van der Waals surface area (Å²) in [4.78, 5) is 0. The number of hydrogen-bond acceptors (Lipinski definition) is 2. The summed E-state index contributed by atoms with van der Waals surface area (Å²) in [6.07, 6.45) is 19.8. The van der Waals surface area contributed by atoms with Gasteiger partial charge in [-0.05, 0) is 48.0 Å². The maximum absolute atomic E-state index is 6.27.